The molecule has 3 nitrogen and oxygen atoms in total. The van der Waals surface area contributed by atoms with Gasteiger partial charge in [0.15, 0.2) is 0 Å². The molecule has 2 N–H and O–H groups in total. The Kier molecular flexibility index (Phi) is 1.81. The Bertz CT molecular complexity index is 443. The van der Waals surface area contributed by atoms with Crippen LogP contribution in [-0.4, -0.2) is 9.78 Å². The topological polar surface area (TPSA) is 43.8 Å². The molecule has 1 aromatic heterocycles. The molecule has 2 aromatic rings. The van der Waals surface area contributed by atoms with Gasteiger partial charge < -0.3 is 5.73 Å². The highest BCUT2D eigenvalue weighted by atomic mass is 15.3. The summed E-state index contributed by atoms with van der Waals surface area (Å²) in [6.45, 7) is 2.60. The van der Waals surface area contributed by atoms with Crippen LogP contribution < -0.4 is 5.73 Å². The van der Waals surface area contributed by atoms with Gasteiger partial charge in [0.2, 0.25) is 0 Å². The van der Waals surface area contributed by atoms with Gasteiger partial charge in [-0.3, -0.25) is 4.68 Å². The van der Waals surface area contributed by atoms with Gasteiger partial charge in [-0.15, -0.1) is 0 Å². The first-order valence-corrected chi connectivity index (χ1v) is 4.34. The number of aryl methyl sites for hydroxylation is 2. The fourth-order valence-electron chi connectivity index (χ4n) is 1.61. The molecule has 0 amide bonds. The number of hydrogen-bond donors (Lipinski definition) is 1. The third kappa shape index (κ3) is 1.21. The highest BCUT2D eigenvalue weighted by Gasteiger charge is 2.03. The number of fused-ring (bicyclic) bond motifs is 1. The van der Waals surface area contributed by atoms with E-state index in [1.807, 2.05) is 18.7 Å². The summed E-state index contributed by atoms with van der Waals surface area (Å²) in [6, 6.07) is 6.23. The molecule has 0 saturated carbocycles. The predicted molar refractivity (Wildman–Crippen MR) is 53.3 cm³/mol. The molecule has 0 fully saturated rings. The third-order valence-electron chi connectivity index (χ3n) is 2.34. The molecule has 3 heteroatoms. The van der Waals surface area contributed by atoms with Crippen LogP contribution in [0.1, 0.15) is 11.3 Å². The Balaban J connectivity index is 2.76. The quantitative estimate of drug-likeness (QED) is 0.710. The number of nitrogens with two attached hydrogens (primary N) is 1. The van der Waals surface area contributed by atoms with Crippen LogP contribution >= 0.6 is 0 Å². The van der Waals surface area contributed by atoms with E-state index in [1.165, 1.54) is 5.39 Å². The minimum absolute atomic E-state index is 0.583. The standard InChI is InChI=1S/C10H13N3/c1-7-9-4-3-8(6-11)5-10(9)13(2)12-7/h3-5H,6,11H2,1-2H3. The maximum absolute atomic E-state index is 5.57. The predicted octanol–water partition coefficient (Wildman–Crippen LogP) is 1.34. The van der Waals surface area contributed by atoms with Gasteiger partial charge in [0.05, 0.1) is 11.2 Å². The molecule has 1 heterocycles. The molecule has 0 radical (unpaired) electrons. The van der Waals surface area contributed by atoms with Crippen molar-refractivity contribution in [2.24, 2.45) is 12.8 Å². The van der Waals surface area contributed by atoms with Gasteiger partial charge in [0, 0.05) is 19.0 Å². The summed E-state index contributed by atoms with van der Waals surface area (Å²) in [6.07, 6.45) is 0. The zero-order valence-corrected chi connectivity index (χ0v) is 7.91. The van der Waals surface area contributed by atoms with E-state index >= 15 is 0 Å². The summed E-state index contributed by atoms with van der Waals surface area (Å²) in [5.74, 6) is 0. The molecule has 0 saturated heterocycles. The normalized spacial score (nSPS) is 11.0. The summed E-state index contributed by atoms with van der Waals surface area (Å²) < 4.78 is 1.89. The number of nitrogens with zero attached hydrogens (tertiary/aromatic N) is 2. The van der Waals surface area contributed by atoms with Crippen LogP contribution in [-0.2, 0) is 13.6 Å². The monoisotopic (exact) mass is 175 g/mol. The largest absolute Gasteiger partial charge is 0.326 e. The van der Waals surface area contributed by atoms with Gasteiger partial charge >= 0.3 is 0 Å². The molecule has 0 aliphatic heterocycles. The minimum Gasteiger partial charge on any atom is -0.326 e. The number of rotatable bonds is 1. The zero-order chi connectivity index (χ0) is 9.42. The van der Waals surface area contributed by atoms with E-state index in [2.05, 4.69) is 23.3 Å². The van der Waals surface area contributed by atoms with Gasteiger partial charge in [0.1, 0.15) is 0 Å². The van der Waals surface area contributed by atoms with Crippen molar-refractivity contribution in [3.05, 3.63) is 29.5 Å². The molecule has 2 rings (SSSR count). The van der Waals surface area contributed by atoms with E-state index in [0.717, 1.165) is 16.8 Å². The van der Waals surface area contributed by atoms with E-state index in [4.69, 9.17) is 5.73 Å². The summed E-state index contributed by atoms with van der Waals surface area (Å²) in [4.78, 5) is 0. The molecule has 0 unspecified atom stereocenters. The molecule has 13 heavy (non-hydrogen) atoms. The van der Waals surface area contributed by atoms with Crippen LogP contribution in [0.2, 0.25) is 0 Å². The van der Waals surface area contributed by atoms with Crippen molar-refractivity contribution < 1.29 is 0 Å². The zero-order valence-electron chi connectivity index (χ0n) is 7.91. The second-order valence-corrected chi connectivity index (χ2v) is 3.26. The van der Waals surface area contributed by atoms with Gasteiger partial charge in [-0.05, 0) is 18.6 Å². The van der Waals surface area contributed by atoms with Crippen molar-refractivity contribution in [2.45, 2.75) is 13.5 Å². The third-order valence-corrected chi connectivity index (χ3v) is 2.34. The Labute approximate surface area is 77.2 Å². The first kappa shape index (κ1) is 8.26. The second-order valence-electron chi connectivity index (χ2n) is 3.26. The van der Waals surface area contributed by atoms with E-state index in [-0.39, 0.29) is 0 Å². The Morgan fingerprint density at radius 3 is 2.92 bits per heavy atom. The van der Waals surface area contributed by atoms with Crippen molar-refractivity contribution in [1.29, 1.82) is 0 Å². The molecule has 0 aliphatic rings. The molecular formula is C10H13N3. The fraction of sp³-hybridized carbons (Fsp3) is 0.300. The fourth-order valence-corrected chi connectivity index (χ4v) is 1.61. The van der Waals surface area contributed by atoms with Crippen LogP contribution in [0.4, 0.5) is 0 Å². The van der Waals surface area contributed by atoms with Gasteiger partial charge in [-0.25, -0.2) is 0 Å². The summed E-state index contributed by atoms with van der Waals surface area (Å²) in [5.41, 5.74) is 8.94. The van der Waals surface area contributed by atoms with E-state index < -0.39 is 0 Å². The number of aromatic nitrogens is 2. The number of hydrogen-bond acceptors (Lipinski definition) is 2. The van der Waals surface area contributed by atoms with Crippen LogP contribution in [0, 0.1) is 6.92 Å². The molecule has 0 atom stereocenters. The SMILES string of the molecule is Cc1nn(C)c2cc(CN)ccc12. The number of benzene rings is 1. The molecule has 0 spiro atoms. The Morgan fingerprint density at radius 2 is 2.23 bits per heavy atom. The van der Waals surface area contributed by atoms with Gasteiger partial charge in [0.25, 0.3) is 0 Å². The lowest BCUT2D eigenvalue weighted by Gasteiger charge is -1.97. The average molecular weight is 175 g/mol. The highest BCUT2D eigenvalue weighted by molar-refractivity contribution is 5.82. The first-order chi connectivity index (χ1) is 6.22. The van der Waals surface area contributed by atoms with Gasteiger partial charge in [-0.2, -0.15) is 5.10 Å². The van der Waals surface area contributed by atoms with E-state index in [1.54, 1.807) is 0 Å². The molecule has 68 valence electrons. The Hall–Kier alpha value is -1.35. The van der Waals surface area contributed by atoms with E-state index in [9.17, 15) is 0 Å². The van der Waals surface area contributed by atoms with Crippen LogP contribution in [0.3, 0.4) is 0 Å². The van der Waals surface area contributed by atoms with Gasteiger partial charge in [-0.1, -0.05) is 12.1 Å². The van der Waals surface area contributed by atoms with E-state index in [0.29, 0.717) is 6.54 Å². The highest BCUT2D eigenvalue weighted by Crippen LogP contribution is 2.18. The lowest BCUT2D eigenvalue weighted by molar-refractivity contribution is 0.782. The van der Waals surface area contributed by atoms with Crippen molar-refractivity contribution in [2.75, 3.05) is 0 Å². The average Bonchev–Trinajstić information content (AvgIpc) is 2.42. The Morgan fingerprint density at radius 1 is 1.46 bits per heavy atom. The van der Waals surface area contributed by atoms with Crippen LogP contribution in [0.5, 0.6) is 0 Å². The molecular weight excluding hydrogens is 162 g/mol. The van der Waals surface area contributed by atoms with Crippen molar-refractivity contribution in [3.8, 4) is 0 Å². The molecule has 0 bridgehead atoms. The molecule has 0 aliphatic carbocycles. The maximum atomic E-state index is 5.57. The molecule has 1 aromatic carbocycles. The van der Waals surface area contributed by atoms with Crippen LogP contribution in [0.25, 0.3) is 10.9 Å². The van der Waals surface area contributed by atoms with Crippen LogP contribution in [0.15, 0.2) is 18.2 Å². The second kappa shape index (κ2) is 2.85. The summed E-state index contributed by atoms with van der Waals surface area (Å²) in [5, 5.41) is 5.55. The minimum atomic E-state index is 0.583. The lowest BCUT2D eigenvalue weighted by atomic mass is 10.1. The van der Waals surface area contributed by atoms with Crippen molar-refractivity contribution in [3.63, 3.8) is 0 Å². The summed E-state index contributed by atoms with van der Waals surface area (Å²) in [7, 11) is 1.95. The first-order valence-electron chi connectivity index (χ1n) is 4.34. The smallest absolute Gasteiger partial charge is 0.0685 e. The maximum Gasteiger partial charge on any atom is 0.0685 e. The lowest BCUT2D eigenvalue weighted by Crippen LogP contribution is -1.96. The van der Waals surface area contributed by atoms with Crippen molar-refractivity contribution >= 4 is 10.9 Å². The van der Waals surface area contributed by atoms with Crippen molar-refractivity contribution in [1.82, 2.24) is 9.78 Å². The summed E-state index contributed by atoms with van der Waals surface area (Å²) >= 11 is 0.